The molecule has 0 aliphatic carbocycles. The number of hydrogen-bond donors (Lipinski definition) is 2. The zero-order valence-corrected chi connectivity index (χ0v) is 21.3. The number of ether oxygens (including phenoxy) is 2. The van der Waals surface area contributed by atoms with Crippen molar-refractivity contribution in [3.63, 3.8) is 0 Å². The molecule has 33 heavy (non-hydrogen) atoms. The van der Waals surface area contributed by atoms with E-state index in [9.17, 15) is 8.42 Å². The first-order valence-corrected chi connectivity index (χ1v) is 13.1. The van der Waals surface area contributed by atoms with Crippen LogP contribution in [-0.2, 0) is 26.0 Å². The molecule has 0 saturated heterocycles. The summed E-state index contributed by atoms with van der Waals surface area (Å²) in [5.41, 5.74) is 2.97. The molecule has 0 fully saturated rings. The maximum Gasteiger partial charge on any atom is 0.240 e. The summed E-state index contributed by atoms with van der Waals surface area (Å²) in [7, 11) is 0.214. The van der Waals surface area contributed by atoms with Crippen molar-refractivity contribution in [2.24, 2.45) is 0 Å². The highest BCUT2D eigenvalue weighted by Crippen LogP contribution is 2.38. The van der Waals surface area contributed by atoms with Crippen molar-refractivity contribution in [1.82, 2.24) is 14.9 Å². The van der Waals surface area contributed by atoms with E-state index in [1.54, 1.807) is 24.3 Å². The van der Waals surface area contributed by atoms with E-state index in [4.69, 9.17) is 32.7 Å². The van der Waals surface area contributed by atoms with Crippen molar-refractivity contribution < 1.29 is 17.9 Å². The first-order valence-electron chi connectivity index (χ1n) is 10.9. The van der Waals surface area contributed by atoms with Gasteiger partial charge in [-0.1, -0.05) is 35.3 Å². The minimum absolute atomic E-state index is 0.0312. The van der Waals surface area contributed by atoms with Crippen molar-refractivity contribution >= 4 is 33.2 Å². The SMILES string of the molecule is CNCCOCCOCCNS(=O)(=O)c1cccc([C@@H]2CN(C)Cc3c(Cl)cc(Cl)cc32)c1. The zero-order chi connectivity index (χ0) is 23.8. The minimum Gasteiger partial charge on any atom is -0.378 e. The Balaban J connectivity index is 1.64. The lowest BCUT2D eigenvalue weighted by Crippen LogP contribution is -2.31. The molecule has 0 aromatic heterocycles. The Kier molecular flexibility index (Phi) is 9.96. The standard InChI is InChI=1S/C23H31Cl2N3O4S/c1-26-6-8-31-10-11-32-9-7-27-33(29,30)19-5-3-4-17(12-19)21-15-28(2)16-22-20(21)13-18(24)14-23(22)25/h3-5,12-14,21,26-27H,6-11,15-16H2,1-2H3/t21-/m0/s1. The molecule has 3 rings (SSSR count). The van der Waals surface area contributed by atoms with Gasteiger partial charge in [0.25, 0.3) is 0 Å². The van der Waals surface area contributed by atoms with Gasteiger partial charge in [-0.3, -0.25) is 0 Å². The van der Waals surface area contributed by atoms with Crippen LogP contribution in [0.15, 0.2) is 41.3 Å². The van der Waals surface area contributed by atoms with Gasteiger partial charge in [-0.05, 0) is 55.1 Å². The number of sulfonamides is 1. The molecule has 182 valence electrons. The summed E-state index contributed by atoms with van der Waals surface area (Å²) in [6.45, 7) is 4.20. The molecule has 2 N–H and O–H groups in total. The first-order chi connectivity index (χ1) is 15.8. The number of hydrogen-bond acceptors (Lipinski definition) is 6. The van der Waals surface area contributed by atoms with Crippen molar-refractivity contribution in [3.05, 3.63) is 63.1 Å². The number of nitrogens with one attached hydrogen (secondary N) is 2. The van der Waals surface area contributed by atoms with Crippen LogP contribution in [0.1, 0.15) is 22.6 Å². The number of nitrogens with zero attached hydrogens (tertiary/aromatic N) is 1. The van der Waals surface area contributed by atoms with Crippen LogP contribution in [0, 0.1) is 0 Å². The summed E-state index contributed by atoms with van der Waals surface area (Å²) in [6.07, 6.45) is 0. The summed E-state index contributed by atoms with van der Waals surface area (Å²) in [4.78, 5) is 2.39. The van der Waals surface area contributed by atoms with Crippen molar-refractivity contribution in [2.75, 3.05) is 60.2 Å². The van der Waals surface area contributed by atoms with Gasteiger partial charge in [-0.2, -0.15) is 0 Å². The smallest absolute Gasteiger partial charge is 0.240 e. The fourth-order valence-corrected chi connectivity index (χ4v) is 5.49. The zero-order valence-electron chi connectivity index (χ0n) is 18.9. The van der Waals surface area contributed by atoms with E-state index in [1.165, 1.54) is 0 Å². The normalized spacial score (nSPS) is 16.7. The lowest BCUT2D eigenvalue weighted by Gasteiger charge is -2.33. The maximum absolute atomic E-state index is 12.8. The predicted octanol–water partition coefficient (Wildman–Crippen LogP) is 3.10. The van der Waals surface area contributed by atoms with Crippen LogP contribution in [-0.4, -0.2) is 73.5 Å². The van der Waals surface area contributed by atoms with E-state index < -0.39 is 10.0 Å². The molecule has 0 amide bonds. The highest BCUT2D eigenvalue weighted by Gasteiger charge is 2.28. The molecule has 2 aromatic carbocycles. The Morgan fingerprint density at radius 3 is 2.52 bits per heavy atom. The predicted molar refractivity (Wildman–Crippen MR) is 132 cm³/mol. The molecule has 7 nitrogen and oxygen atoms in total. The second-order valence-electron chi connectivity index (χ2n) is 8.00. The number of benzene rings is 2. The summed E-state index contributed by atoms with van der Waals surface area (Å²) in [5.74, 6) is -0.0312. The fraction of sp³-hybridized carbons (Fsp3) is 0.478. The molecule has 2 aromatic rings. The van der Waals surface area contributed by atoms with Crippen LogP contribution in [0.2, 0.25) is 10.0 Å². The average molecular weight is 516 g/mol. The van der Waals surface area contributed by atoms with E-state index in [-0.39, 0.29) is 24.0 Å². The van der Waals surface area contributed by atoms with Crippen molar-refractivity contribution in [3.8, 4) is 0 Å². The number of fused-ring (bicyclic) bond motifs is 1. The molecule has 0 bridgehead atoms. The Bertz CT molecular complexity index is 1040. The fourth-order valence-electron chi connectivity index (χ4n) is 3.86. The Morgan fingerprint density at radius 1 is 1.06 bits per heavy atom. The van der Waals surface area contributed by atoms with E-state index in [1.807, 2.05) is 26.2 Å². The third-order valence-corrected chi connectivity index (χ3v) is 7.48. The Morgan fingerprint density at radius 2 is 1.79 bits per heavy atom. The summed E-state index contributed by atoms with van der Waals surface area (Å²) in [6, 6.07) is 10.7. The van der Waals surface area contributed by atoms with Gasteiger partial charge in [0.15, 0.2) is 0 Å². The number of likely N-dealkylation sites (N-methyl/N-ethyl adjacent to an activating group) is 2. The van der Waals surface area contributed by atoms with E-state index >= 15 is 0 Å². The average Bonchev–Trinajstić information content (AvgIpc) is 2.78. The van der Waals surface area contributed by atoms with Crippen LogP contribution >= 0.6 is 23.2 Å². The van der Waals surface area contributed by atoms with Crippen LogP contribution in [0.3, 0.4) is 0 Å². The van der Waals surface area contributed by atoms with Gasteiger partial charge < -0.3 is 19.7 Å². The second-order valence-corrected chi connectivity index (χ2v) is 10.6. The van der Waals surface area contributed by atoms with Crippen molar-refractivity contribution in [1.29, 1.82) is 0 Å². The van der Waals surface area contributed by atoms with Gasteiger partial charge in [0.1, 0.15) is 0 Å². The molecule has 1 atom stereocenters. The van der Waals surface area contributed by atoms with Gasteiger partial charge in [0, 0.05) is 42.1 Å². The van der Waals surface area contributed by atoms with Crippen molar-refractivity contribution in [2.45, 2.75) is 17.4 Å². The molecule has 1 heterocycles. The van der Waals surface area contributed by atoms with Crippen LogP contribution < -0.4 is 10.0 Å². The molecular weight excluding hydrogens is 485 g/mol. The van der Waals surface area contributed by atoms with Gasteiger partial charge in [0.05, 0.1) is 31.3 Å². The van der Waals surface area contributed by atoms with Gasteiger partial charge >= 0.3 is 0 Å². The highest BCUT2D eigenvalue weighted by molar-refractivity contribution is 7.89. The molecule has 0 radical (unpaired) electrons. The Hall–Kier alpha value is -1.23. The monoisotopic (exact) mass is 515 g/mol. The Labute approximate surface area is 206 Å². The third kappa shape index (κ3) is 7.37. The number of halogens is 2. The van der Waals surface area contributed by atoms with E-state index in [2.05, 4.69) is 14.9 Å². The van der Waals surface area contributed by atoms with E-state index in [0.717, 1.165) is 36.3 Å². The summed E-state index contributed by atoms with van der Waals surface area (Å²) >= 11 is 12.7. The molecule has 0 saturated carbocycles. The molecule has 0 unspecified atom stereocenters. The highest BCUT2D eigenvalue weighted by atomic mass is 35.5. The molecular formula is C23H31Cl2N3O4S. The van der Waals surface area contributed by atoms with Gasteiger partial charge in [-0.15, -0.1) is 0 Å². The third-order valence-electron chi connectivity index (χ3n) is 5.47. The van der Waals surface area contributed by atoms with Gasteiger partial charge in [-0.25, -0.2) is 13.1 Å². The minimum atomic E-state index is -3.67. The first kappa shape index (κ1) is 26.4. The lowest BCUT2D eigenvalue weighted by molar-refractivity contribution is 0.0515. The maximum atomic E-state index is 12.8. The topological polar surface area (TPSA) is 79.9 Å². The number of rotatable bonds is 12. The molecule has 1 aliphatic heterocycles. The largest absolute Gasteiger partial charge is 0.378 e. The van der Waals surface area contributed by atoms with Crippen LogP contribution in [0.4, 0.5) is 0 Å². The van der Waals surface area contributed by atoms with E-state index in [0.29, 0.717) is 29.9 Å². The van der Waals surface area contributed by atoms with Gasteiger partial charge in [0.2, 0.25) is 10.0 Å². The van der Waals surface area contributed by atoms with Crippen LogP contribution in [0.25, 0.3) is 0 Å². The molecule has 1 aliphatic rings. The molecule has 10 heteroatoms. The lowest BCUT2D eigenvalue weighted by atomic mass is 9.85. The summed E-state index contributed by atoms with van der Waals surface area (Å²) in [5, 5.41) is 4.20. The second kappa shape index (κ2) is 12.5. The molecule has 0 spiro atoms. The summed E-state index contributed by atoms with van der Waals surface area (Å²) < 4.78 is 39.1. The quantitative estimate of drug-likeness (QED) is 0.422. The van der Waals surface area contributed by atoms with Crippen LogP contribution in [0.5, 0.6) is 0 Å².